The van der Waals surface area contributed by atoms with Gasteiger partial charge in [0.2, 0.25) is 11.7 Å². The molecule has 3 rings (SSSR count). The number of halogens is 3. The average Bonchev–Trinajstić information content (AvgIpc) is 3.08. The van der Waals surface area contributed by atoms with Gasteiger partial charge in [0.05, 0.1) is 5.56 Å². The predicted octanol–water partition coefficient (Wildman–Crippen LogP) is 4.47. The summed E-state index contributed by atoms with van der Waals surface area (Å²) in [7, 11) is 0. The Labute approximate surface area is 158 Å². The fourth-order valence-electron chi connectivity index (χ4n) is 2.37. The summed E-state index contributed by atoms with van der Waals surface area (Å²) in [5, 5.41) is 6.22. The second-order valence-electron chi connectivity index (χ2n) is 5.99. The fraction of sp³-hybridized carbons (Fsp3) is 0.211. The standard InChI is InChI=1S/C19H16F3N3O3/c1-11(18(26)24-15-5-3-4-14(10-15)19(20,21)22)27-16-8-6-13(7-9-16)17-23-12(2)28-25-17/h3-11H,1-2H3,(H,24,26)/t11-/m0/s1. The van der Waals surface area contributed by atoms with E-state index >= 15 is 0 Å². The van der Waals surface area contributed by atoms with Crippen LogP contribution < -0.4 is 10.1 Å². The number of carbonyl (C=O) groups excluding carboxylic acids is 1. The average molecular weight is 391 g/mol. The summed E-state index contributed by atoms with van der Waals surface area (Å²) in [6.07, 6.45) is -5.41. The molecule has 0 radical (unpaired) electrons. The zero-order valence-electron chi connectivity index (χ0n) is 14.9. The van der Waals surface area contributed by atoms with Crippen LogP contribution in [0.1, 0.15) is 18.4 Å². The van der Waals surface area contributed by atoms with Crippen LogP contribution in [0.15, 0.2) is 53.1 Å². The topological polar surface area (TPSA) is 77.2 Å². The van der Waals surface area contributed by atoms with Crippen molar-refractivity contribution in [2.45, 2.75) is 26.1 Å². The van der Waals surface area contributed by atoms with Crippen LogP contribution >= 0.6 is 0 Å². The van der Waals surface area contributed by atoms with Gasteiger partial charge in [0.15, 0.2) is 6.10 Å². The maximum atomic E-state index is 12.8. The van der Waals surface area contributed by atoms with Crippen molar-refractivity contribution in [2.75, 3.05) is 5.32 Å². The van der Waals surface area contributed by atoms with E-state index in [2.05, 4.69) is 15.5 Å². The van der Waals surface area contributed by atoms with Crippen molar-refractivity contribution in [3.8, 4) is 17.1 Å². The minimum Gasteiger partial charge on any atom is -0.481 e. The summed E-state index contributed by atoms with van der Waals surface area (Å²) in [4.78, 5) is 16.3. The molecule has 1 heterocycles. The number of benzene rings is 2. The maximum Gasteiger partial charge on any atom is 0.416 e. The van der Waals surface area contributed by atoms with Crippen LogP contribution in [0.5, 0.6) is 5.75 Å². The van der Waals surface area contributed by atoms with Crippen molar-refractivity contribution in [3.05, 3.63) is 60.0 Å². The first-order valence-electron chi connectivity index (χ1n) is 8.28. The van der Waals surface area contributed by atoms with Gasteiger partial charge in [-0.05, 0) is 49.4 Å². The van der Waals surface area contributed by atoms with Crippen LogP contribution in [0.2, 0.25) is 0 Å². The van der Waals surface area contributed by atoms with E-state index < -0.39 is 23.8 Å². The Morgan fingerprint density at radius 3 is 2.50 bits per heavy atom. The summed E-state index contributed by atoms with van der Waals surface area (Å²) in [6.45, 7) is 3.18. The van der Waals surface area contributed by atoms with E-state index in [9.17, 15) is 18.0 Å². The van der Waals surface area contributed by atoms with Gasteiger partial charge >= 0.3 is 6.18 Å². The number of amides is 1. The van der Waals surface area contributed by atoms with Gasteiger partial charge in [-0.25, -0.2) is 0 Å². The first-order chi connectivity index (χ1) is 13.2. The molecular formula is C19H16F3N3O3. The van der Waals surface area contributed by atoms with Gasteiger partial charge in [-0.2, -0.15) is 18.2 Å². The van der Waals surface area contributed by atoms with E-state index in [1.807, 2.05) is 0 Å². The van der Waals surface area contributed by atoms with E-state index in [0.29, 0.717) is 23.0 Å². The summed E-state index contributed by atoms with van der Waals surface area (Å²) in [5.74, 6) is 0.711. The van der Waals surface area contributed by atoms with Crippen molar-refractivity contribution in [1.29, 1.82) is 0 Å². The van der Waals surface area contributed by atoms with Crippen molar-refractivity contribution in [1.82, 2.24) is 10.1 Å². The van der Waals surface area contributed by atoms with Gasteiger partial charge in [-0.3, -0.25) is 4.79 Å². The molecule has 0 saturated heterocycles. The molecule has 6 nitrogen and oxygen atoms in total. The van der Waals surface area contributed by atoms with E-state index in [1.54, 1.807) is 31.2 Å². The summed E-state index contributed by atoms with van der Waals surface area (Å²) >= 11 is 0. The molecular weight excluding hydrogens is 375 g/mol. The Morgan fingerprint density at radius 1 is 1.18 bits per heavy atom. The number of aromatic nitrogens is 2. The third-order valence-electron chi connectivity index (χ3n) is 3.78. The molecule has 0 bridgehead atoms. The second kappa shape index (κ2) is 7.71. The molecule has 3 aromatic rings. The Hall–Kier alpha value is -3.36. The summed E-state index contributed by atoms with van der Waals surface area (Å²) < 4.78 is 48.7. The zero-order valence-corrected chi connectivity index (χ0v) is 14.9. The largest absolute Gasteiger partial charge is 0.481 e. The molecule has 1 N–H and O–H groups in total. The predicted molar refractivity (Wildman–Crippen MR) is 94.6 cm³/mol. The van der Waals surface area contributed by atoms with Crippen molar-refractivity contribution in [2.24, 2.45) is 0 Å². The molecule has 0 spiro atoms. The number of carbonyl (C=O) groups is 1. The van der Waals surface area contributed by atoms with Crippen LogP contribution in [-0.4, -0.2) is 22.2 Å². The number of hydrogen-bond acceptors (Lipinski definition) is 5. The van der Waals surface area contributed by atoms with Gasteiger partial charge in [0.25, 0.3) is 5.91 Å². The van der Waals surface area contributed by atoms with E-state index in [0.717, 1.165) is 12.1 Å². The van der Waals surface area contributed by atoms with Crippen LogP contribution in [0, 0.1) is 6.92 Å². The van der Waals surface area contributed by atoms with Crippen molar-refractivity contribution < 1.29 is 27.2 Å². The lowest BCUT2D eigenvalue weighted by Crippen LogP contribution is -2.30. The SMILES string of the molecule is Cc1nc(-c2ccc(O[C@@H](C)C(=O)Nc3cccc(C(F)(F)F)c3)cc2)no1. The molecule has 2 aromatic carbocycles. The molecule has 146 valence electrons. The number of nitrogens with zero attached hydrogens (tertiary/aromatic N) is 2. The maximum absolute atomic E-state index is 12.8. The monoisotopic (exact) mass is 391 g/mol. The number of rotatable bonds is 5. The highest BCUT2D eigenvalue weighted by Crippen LogP contribution is 2.30. The molecule has 0 aliphatic heterocycles. The third-order valence-corrected chi connectivity index (χ3v) is 3.78. The Balaban J connectivity index is 1.63. The van der Waals surface area contributed by atoms with Crippen LogP contribution in [0.25, 0.3) is 11.4 Å². The Morgan fingerprint density at radius 2 is 1.89 bits per heavy atom. The molecule has 0 aliphatic carbocycles. The first-order valence-corrected chi connectivity index (χ1v) is 8.28. The minimum atomic E-state index is -4.48. The Bertz CT molecular complexity index is 968. The first kappa shape index (κ1) is 19.4. The van der Waals surface area contributed by atoms with Gasteiger partial charge in [0, 0.05) is 18.2 Å². The van der Waals surface area contributed by atoms with E-state index in [4.69, 9.17) is 9.26 Å². The molecule has 0 aliphatic rings. The van der Waals surface area contributed by atoms with E-state index in [-0.39, 0.29) is 5.69 Å². The molecule has 28 heavy (non-hydrogen) atoms. The normalized spacial score (nSPS) is 12.5. The molecule has 0 unspecified atom stereocenters. The highest BCUT2D eigenvalue weighted by atomic mass is 19.4. The highest BCUT2D eigenvalue weighted by Gasteiger charge is 2.30. The lowest BCUT2D eigenvalue weighted by Gasteiger charge is -2.15. The molecule has 0 saturated carbocycles. The highest BCUT2D eigenvalue weighted by molar-refractivity contribution is 5.94. The quantitative estimate of drug-likeness (QED) is 0.694. The lowest BCUT2D eigenvalue weighted by atomic mass is 10.2. The van der Waals surface area contributed by atoms with Crippen molar-refractivity contribution >= 4 is 11.6 Å². The smallest absolute Gasteiger partial charge is 0.416 e. The number of aryl methyl sites for hydroxylation is 1. The van der Waals surface area contributed by atoms with E-state index in [1.165, 1.54) is 19.1 Å². The van der Waals surface area contributed by atoms with Crippen LogP contribution in [0.4, 0.5) is 18.9 Å². The molecule has 0 fully saturated rings. The van der Waals surface area contributed by atoms with Crippen molar-refractivity contribution in [3.63, 3.8) is 0 Å². The van der Waals surface area contributed by atoms with Gasteiger partial charge in [-0.1, -0.05) is 11.2 Å². The lowest BCUT2D eigenvalue weighted by molar-refractivity contribution is -0.137. The number of alkyl halides is 3. The third kappa shape index (κ3) is 4.67. The fourth-order valence-corrected chi connectivity index (χ4v) is 2.37. The minimum absolute atomic E-state index is 0.0399. The molecule has 1 atom stereocenters. The number of ether oxygens (including phenoxy) is 1. The Kier molecular flexibility index (Phi) is 5.34. The number of anilines is 1. The number of hydrogen-bond donors (Lipinski definition) is 1. The van der Waals surface area contributed by atoms with Gasteiger partial charge < -0.3 is 14.6 Å². The summed E-state index contributed by atoms with van der Waals surface area (Å²) in [6, 6.07) is 11.1. The summed E-state index contributed by atoms with van der Waals surface area (Å²) in [5.41, 5.74) is -0.0884. The van der Waals surface area contributed by atoms with Crippen LogP contribution in [-0.2, 0) is 11.0 Å². The second-order valence-corrected chi connectivity index (χ2v) is 5.99. The molecule has 9 heteroatoms. The molecule has 1 aromatic heterocycles. The molecule has 1 amide bonds. The van der Waals surface area contributed by atoms with Gasteiger partial charge in [-0.15, -0.1) is 0 Å². The zero-order chi connectivity index (χ0) is 20.3. The van der Waals surface area contributed by atoms with Gasteiger partial charge in [0.1, 0.15) is 5.75 Å². The van der Waals surface area contributed by atoms with Crippen LogP contribution in [0.3, 0.4) is 0 Å². The number of nitrogens with one attached hydrogen (secondary N) is 1.